The van der Waals surface area contributed by atoms with Crippen molar-refractivity contribution in [3.8, 4) is 0 Å². The molecule has 0 radical (unpaired) electrons. The maximum atomic E-state index is 11.3. The van der Waals surface area contributed by atoms with Crippen LogP contribution in [0.25, 0.3) is 0 Å². The number of halogens is 1. The van der Waals surface area contributed by atoms with Crippen LogP contribution in [0.2, 0.25) is 0 Å². The molecule has 0 N–H and O–H groups in total. The van der Waals surface area contributed by atoms with E-state index in [0.29, 0.717) is 6.61 Å². The third kappa shape index (κ3) is 3.57. The number of carbonyl (C=O) groups is 1. The van der Waals surface area contributed by atoms with Crippen LogP contribution in [-0.4, -0.2) is 17.0 Å². The van der Waals surface area contributed by atoms with E-state index < -0.39 is 0 Å². The standard InChI is InChI=1S/C10H13IO2S/c1-2-13-10(12)9-6-5-8(14-9)4-3-7-11/h5-6H,2-4,7H2,1H3. The molecule has 78 valence electrons. The van der Waals surface area contributed by atoms with Gasteiger partial charge in [-0.2, -0.15) is 0 Å². The molecule has 0 unspecified atom stereocenters. The van der Waals surface area contributed by atoms with Crippen LogP contribution in [-0.2, 0) is 11.2 Å². The SMILES string of the molecule is CCOC(=O)c1ccc(CCCI)s1. The normalized spacial score (nSPS) is 10.1. The van der Waals surface area contributed by atoms with E-state index in [4.69, 9.17) is 4.74 Å². The minimum Gasteiger partial charge on any atom is -0.462 e. The molecule has 0 saturated carbocycles. The molecule has 0 saturated heterocycles. The molecule has 0 amide bonds. The molecule has 0 aliphatic rings. The van der Waals surface area contributed by atoms with Gasteiger partial charge in [0.05, 0.1) is 6.61 Å². The average Bonchev–Trinajstić information content (AvgIpc) is 2.63. The van der Waals surface area contributed by atoms with E-state index in [1.807, 2.05) is 19.1 Å². The van der Waals surface area contributed by atoms with Gasteiger partial charge in [-0.15, -0.1) is 11.3 Å². The Bertz CT molecular complexity index is 296. The van der Waals surface area contributed by atoms with E-state index in [9.17, 15) is 4.79 Å². The number of hydrogen-bond acceptors (Lipinski definition) is 3. The molecule has 4 heteroatoms. The molecule has 0 aromatic carbocycles. The number of ether oxygens (including phenoxy) is 1. The second kappa shape index (κ2) is 6.40. The molecule has 2 nitrogen and oxygen atoms in total. The van der Waals surface area contributed by atoms with Crippen molar-refractivity contribution in [3.05, 3.63) is 21.9 Å². The lowest BCUT2D eigenvalue weighted by Crippen LogP contribution is -2.01. The van der Waals surface area contributed by atoms with E-state index in [1.54, 1.807) is 11.3 Å². The summed E-state index contributed by atoms with van der Waals surface area (Å²) < 4.78 is 6.07. The zero-order valence-corrected chi connectivity index (χ0v) is 11.1. The molecule has 0 atom stereocenters. The Kier molecular flexibility index (Phi) is 5.47. The highest BCUT2D eigenvalue weighted by atomic mass is 127. The molecule has 14 heavy (non-hydrogen) atoms. The fraction of sp³-hybridized carbons (Fsp3) is 0.500. The summed E-state index contributed by atoms with van der Waals surface area (Å²) in [4.78, 5) is 13.3. The molecule has 1 rings (SSSR count). The maximum absolute atomic E-state index is 11.3. The highest BCUT2D eigenvalue weighted by Crippen LogP contribution is 2.19. The van der Waals surface area contributed by atoms with Crippen molar-refractivity contribution >= 4 is 39.9 Å². The van der Waals surface area contributed by atoms with Gasteiger partial charge in [0.15, 0.2) is 0 Å². The molecular weight excluding hydrogens is 311 g/mol. The zero-order chi connectivity index (χ0) is 10.4. The lowest BCUT2D eigenvalue weighted by Gasteiger charge is -1.96. The van der Waals surface area contributed by atoms with Crippen LogP contribution in [0.1, 0.15) is 27.9 Å². The molecule has 0 aliphatic carbocycles. The minimum absolute atomic E-state index is 0.196. The largest absolute Gasteiger partial charge is 0.462 e. The molecule has 1 heterocycles. The van der Waals surface area contributed by atoms with Gasteiger partial charge in [-0.05, 0) is 36.3 Å². The van der Waals surface area contributed by atoms with E-state index in [2.05, 4.69) is 22.6 Å². The quantitative estimate of drug-likeness (QED) is 0.472. The Balaban J connectivity index is 2.54. The number of esters is 1. The van der Waals surface area contributed by atoms with Crippen LogP contribution in [0.3, 0.4) is 0 Å². The van der Waals surface area contributed by atoms with E-state index >= 15 is 0 Å². The molecular formula is C10H13IO2S. The Morgan fingerprint density at radius 1 is 1.57 bits per heavy atom. The van der Waals surface area contributed by atoms with Crippen molar-refractivity contribution < 1.29 is 9.53 Å². The third-order valence-electron chi connectivity index (χ3n) is 1.70. The topological polar surface area (TPSA) is 26.3 Å². The number of aryl methyl sites for hydroxylation is 1. The van der Waals surface area contributed by atoms with Crippen molar-refractivity contribution in [2.24, 2.45) is 0 Å². The van der Waals surface area contributed by atoms with E-state index in [-0.39, 0.29) is 5.97 Å². The summed E-state index contributed by atoms with van der Waals surface area (Å²) in [6.07, 6.45) is 2.23. The molecule has 0 fully saturated rings. The highest BCUT2D eigenvalue weighted by molar-refractivity contribution is 14.1. The third-order valence-corrected chi connectivity index (χ3v) is 3.58. The summed E-state index contributed by atoms with van der Waals surface area (Å²) in [6, 6.07) is 3.87. The summed E-state index contributed by atoms with van der Waals surface area (Å²) in [5.41, 5.74) is 0. The average molecular weight is 324 g/mol. The van der Waals surface area contributed by atoms with Crippen molar-refractivity contribution in [2.75, 3.05) is 11.0 Å². The Morgan fingerprint density at radius 3 is 3.00 bits per heavy atom. The summed E-state index contributed by atoms with van der Waals surface area (Å²) in [6.45, 7) is 2.27. The predicted octanol–water partition coefficient (Wildman–Crippen LogP) is 3.29. The minimum atomic E-state index is -0.196. The second-order valence-corrected chi connectivity index (χ2v) is 5.03. The highest BCUT2D eigenvalue weighted by Gasteiger charge is 2.09. The van der Waals surface area contributed by atoms with Crippen LogP contribution in [0.15, 0.2) is 12.1 Å². The van der Waals surface area contributed by atoms with Gasteiger partial charge < -0.3 is 4.74 Å². The van der Waals surface area contributed by atoms with Gasteiger partial charge >= 0.3 is 5.97 Å². The van der Waals surface area contributed by atoms with Crippen LogP contribution in [0.5, 0.6) is 0 Å². The second-order valence-electron chi connectivity index (χ2n) is 2.78. The van der Waals surface area contributed by atoms with Gasteiger partial charge in [0.25, 0.3) is 0 Å². The molecule has 0 aliphatic heterocycles. The van der Waals surface area contributed by atoms with Crippen LogP contribution in [0, 0.1) is 0 Å². The first-order valence-electron chi connectivity index (χ1n) is 4.59. The first-order chi connectivity index (χ1) is 6.77. The summed E-state index contributed by atoms with van der Waals surface area (Å²) in [5.74, 6) is -0.196. The summed E-state index contributed by atoms with van der Waals surface area (Å²) in [5, 5.41) is 0. The number of rotatable bonds is 5. The summed E-state index contributed by atoms with van der Waals surface area (Å²) in [7, 11) is 0. The van der Waals surface area contributed by atoms with Gasteiger partial charge in [-0.25, -0.2) is 4.79 Å². The number of alkyl halides is 1. The fourth-order valence-electron chi connectivity index (χ4n) is 1.07. The van der Waals surface area contributed by atoms with Crippen LogP contribution in [0.4, 0.5) is 0 Å². The van der Waals surface area contributed by atoms with E-state index in [1.165, 1.54) is 11.3 Å². The molecule has 1 aromatic rings. The first-order valence-corrected chi connectivity index (χ1v) is 6.94. The van der Waals surface area contributed by atoms with Crippen molar-refractivity contribution in [3.63, 3.8) is 0 Å². The van der Waals surface area contributed by atoms with Crippen molar-refractivity contribution in [2.45, 2.75) is 19.8 Å². The van der Waals surface area contributed by atoms with Gasteiger partial charge in [-0.3, -0.25) is 0 Å². The monoisotopic (exact) mass is 324 g/mol. The van der Waals surface area contributed by atoms with Gasteiger partial charge in [0, 0.05) is 4.88 Å². The lowest BCUT2D eigenvalue weighted by molar-refractivity contribution is 0.0532. The van der Waals surface area contributed by atoms with Crippen LogP contribution >= 0.6 is 33.9 Å². The molecule has 0 bridgehead atoms. The lowest BCUT2D eigenvalue weighted by atomic mass is 10.3. The summed E-state index contributed by atoms with van der Waals surface area (Å²) >= 11 is 3.90. The van der Waals surface area contributed by atoms with E-state index in [0.717, 1.165) is 15.7 Å². The first kappa shape index (κ1) is 12.0. The molecule has 1 aromatic heterocycles. The smallest absolute Gasteiger partial charge is 0.348 e. The fourth-order valence-corrected chi connectivity index (χ4v) is 2.39. The molecule has 0 spiro atoms. The van der Waals surface area contributed by atoms with Gasteiger partial charge in [-0.1, -0.05) is 22.6 Å². The van der Waals surface area contributed by atoms with Crippen molar-refractivity contribution in [1.29, 1.82) is 0 Å². The van der Waals surface area contributed by atoms with Gasteiger partial charge in [0.1, 0.15) is 4.88 Å². The number of carbonyl (C=O) groups excluding carboxylic acids is 1. The number of hydrogen-bond donors (Lipinski definition) is 0. The zero-order valence-electron chi connectivity index (χ0n) is 8.09. The van der Waals surface area contributed by atoms with Crippen molar-refractivity contribution in [1.82, 2.24) is 0 Å². The number of thiophene rings is 1. The maximum Gasteiger partial charge on any atom is 0.348 e. The Labute approximate surface area is 102 Å². The van der Waals surface area contributed by atoms with Gasteiger partial charge in [0.2, 0.25) is 0 Å². The Morgan fingerprint density at radius 2 is 2.36 bits per heavy atom. The Hall–Kier alpha value is -0.100. The predicted molar refractivity (Wildman–Crippen MR) is 67.5 cm³/mol. The van der Waals surface area contributed by atoms with Crippen LogP contribution < -0.4 is 0 Å².